The van der Waals surface area contributed by atoms with Crippen molar-refractivity contribution in [2.45, 2.75) is 6.54 Å². The summed E-state index contributed by atoms with van der Waals surface area (Å²) in [6.45, 7) is 0.374. The zero-order valence-electron chi connectivity index (χ0n) is 11.4. The molecule has 2 rings (SSSR count). The van der Waals surface area contributed by atoms with Gasteiger partial charge in [0.1, 0.15) is 11.4 Å². The van der Waals surface area contributed by atoms with Crippen LogP contribution >= 0.6 is 0 Å². The van der Waals surface area contributed by atoms with Crippen molar-refractivity contribution in [3.05, 3.63) is 65.0 Å². The molecule has 0 heterocycles. The lowest BCUT2D eigenvalue weighted by molar-refractivity contribution is 0.0692. The molecule has 4 nitrogen and oxygen atoms in total. The number of anilines is 1. The highest BCUT2D eigenvalue weighted by molar-refractivity contribution is 5.94. The number of hydrogen-bond acceptors (Lipinski definition) is 3. The molecule has 1 N–H and O–H groups in total. The molecule has 5 heteroatoms. The Morgan fingerprint density at radius 3 is 2.71 bits per heavy atom. The first-order valence-electron chi connectivity index (χ1n) is 6.25. The summed E-state index contributed by atoms with van der Waals surface area (Å²) < 4.78 is 13.7. The molecule has 0 atom stereocenters. The van der Waals surface area contributed by atoms with E-state index in [1.54, 1.807) is 36.2 Å². The average Bonchev–Trinajstić information content (AvgIpc) is 2.46. The zero-order valence-corrected chi connectivity index (χ0v) is 11.4. The van der Waals surface area contributed by atoms with Gasteiger partial charge in [-0.05, 0) is 29.8 Å². The topological polar surface area (TPSA) is 64.3 Å². The van der Waals surface area contributed by atoms with E-state index in [-0.39, 0.29) is 5.56 Å². The molecule has 0 fully saturated rings. The second-order valence-corrected chi connectivity index (χ2v) is 4.61. The van der Waals surface area contributed by atoms with Gasteiger partial charge in [0, 0.05) is 13.6 Å². The van der Waals surface area contributed by atoms with Gasteiger partial charge in [-0.1, -0.05) is 18.2 Å². The van der Waals surface area contributed by atoms with Gasteiger partial charge < -0.3 is 10.0 Å². The Balaban J connectivity index is 2.33. The first-order valence-corrected chi connectivity index (χ1v) is 6.25. The first-order chi connectivity index (χ1) is 10.0. The molecule has 0 saturated heterocycles. The van der Waals surface area contributed by atoms with Crippen LogP contribution in [0.1, 0.15) is 21.5 Å². The van der Waals surface area contributed by atoms with Crippen LogP contribution in [0.15, 0.2) is 42.5 Å². The number of halogens is 1. The van der Waals surface area contributed by atoms with Crippen LogP contribution in [0.25, 0.3) is 0 Å². The first kappa shape index (κ1) is 14.5. The number of carboxylic acids is 1. The predicted octanol–water partition coefficient (Wildman–Crippen LogP) is 3.03. The molecule has 0 amide bonds. The van der Waals surface area contributed by atoms with Gasteiger partial charge >= 0.3 is 5.97 Å². The van der Waals surface area contributed by atoms with Gasteiger partial charge in [0.2, 0.25) is 0 Å². The van der Waals surface area contributed by atoms with E-state index in [4.69, 9.17) is 10.4 Å². The number of benzene rings is 2. The van der Waals surface area contributed by atoms with E-state index in [9.17, 15) is 9.18 Å². The Labute approximate surface area is 121 Å². The molecule has 0 aliphatic rings. The largest absolute Gasteiger partial charge is 0.478 e. The van der Waals surface area contributed by atoms with Crippen LogP contribution in [-0.2, 0) is 6.54 Å². The van der Waals surface area contributed by atoms with Crippen molar-refractivity contribution in [2.75, 3.05) is 11.9 Å². The van der Waals surface area contributed by atoms with Crippen molar-refractivity contribution in [3.63, 3.8) is 0 Å². The smallest absolute Gasteiger partial charge is 0.340 e. The average molecular weight is 284 g/mol. The molecule has 0 saturated carbocycles. The maximum absolute atomic E-state index is 13.7. The Kier molecular flexibility index (Phi) is 4.19. The maximum Gasteiger partial charge on any atom is 0.340 e. The fourth-order valence-electron chi connectivity index (χ4n) is 2.14. The van der Waals surface area contributed by atoms with Crippen LogP contribution in [0.2, 0.25) is 0 Å². The van der Waals surface area contributed by atoms with Gasteiger partial charge in [-0.3, -0.25) is 0 Å². The number of nitriles is 1. The summed E-state index contributed by atoms with van der Waals surface area (Å²) in [4.78, 5) is 12.8. The number of rotatable bonds is 4. The van der Waals surface area contributed by atoms with Crippen molar-refractivity contribution in [1.82, 2.24) is 0 Å². The van der Waals surface area contributed by atoms with Crippen LogP contribution in [-0.4, -0.2) is 18.1 Å². The Morgan fingerprint density at radius 2 is 2.05 bits per heavy atom. The lowest BCUT2D eigenvalue weighted by Crippen LogP contribution is -2.20. The van der Waals surface area contributed by atoms with E-state index in [1.807, 2.05) is 12.1 Å². The van der Waals surface area contributed by atoms with Gasteiger partial charge in [-0.2, -0.15) is 5.26 Å². The lowest BCUT2D eigenvalue weighted by Gasteiger charge is -2.21. The van der Waals surface area contributed by atoms with Crippen LogP contribution < -0.4 is 4.90 Å². The minimum absolute atomic E-state index is 0.296. The zero-order chi connectivity index (χ0) is 15.4. The second-order valence-electron chi connectivity index (χ2n) is 4.61. The van der Waals surface area contributed by atoms with E-state index < -0.39 is 11.8 Å². The Hall–Kier alpha value is -2.87. The number of nitrogens with zero attached hydrogens (tertiary/aromatic N) is 2. The van der Waals surface area contributed by atoms with Crippen molar-refractivity contribution in [1.29, 1.82) is 5.26 Å². The van der Waals surface area contributed by atoms with E-state index in [0.29, 0.717) is 17.8 Å². The molecular weight excluding hydrogens is 271 g/mol. The monoisotopic (exact) mass is 284 g/mol. The van der Waals surface area contributed by atoms with Crippen molar-refractivity contribution < 1.29 is 14.3 Å². The molecule has 0 aliphatic heterocycles. The molecule has 0 aromatic heterocycles. The third kappa shape index (κ3) is 3.18. The summed E-state index contributed by atoms with van der Waals surface area (Å²) in [5.74, 6) is -2.07. The summed E-state index contributed by atoms with van der Waals surface area (Å²) in [6, 6.07) is 13.2. The predicted molar refractivity (Wildman–Crippen MR) is 76.6 cm³/mol. The molecule has 21 heavy (non-hydrogen) atoms. The third-order valence-electron chi connectivity index (χ3n) is 3.09. The SMILES string of the molecule is CN(Cc1cccc(C#N)c1)c1cccc(F)c1C(=O)O. The summed E-state index contributed by atoms with van der Waals surface area (Å²) in [5, 5.41) is 18.0. The van der Waals surface area contributed by atoms with E-state index >= 15 is 0 Å². The summed E-state index contributed by atoms with van der Waals surface area (Å²) >= 11 is 0. The fourth-order valence-corrected chi connectivity index (χ4v) is 2.14. The highest BCUT2D eigenvalue weighted by atomic mass is 19.1. The molecule has 0 spiro atoms. The van der Waals surface area contributed by atoms with Gasteiger partial charge in [0.15, 0.2) is 0 Å². The van der Waals surface area contributed by atoms with Crippen LogP contribution in [0.5, 0.6) is 0 Å². The highest BCUT2D eigenvalue weighted by Crippen LogP contribution is 2.24. The summed E-state index contributed by atoms with van der Waals surface area (Å²) in [7, 11) is 1.68. The van der Waals surface area contributed by atoms with E-state index in [2.05, 4.69) is 0 Å². The number of carboxylic acid groups (broad SMARTS) is 1. The number of carbonyl (C=O) groups is 1. The van der Waals surface area contributed by atoms with Gasteiger partial charge in [0.25, 0.3) is 0 Å². The molecule has 2 aromatic rings. The molecule has 106 valence electrons. The molecule has 2 aromatic carbocycles. The van der Waals surface area contributed by atoms with E-state index in [1.165, 1.54) is 6.07 Å². The number of hydrogen-bond donors (Lipinski definition) is 1. The summed E-state index contributed by atoms with van der Waals surface area (Å²) in [6.07, 6.45) is 0. The van der Waals surface area contributed by atoms with Crippen LogP contribution in [0, 0.1) is 17.1 Å². The minimum atomic E-state index is -1.30. The maximum atomic E-state index is 13.7. The quantitative estimate of drug-likeness (QED) is 0.937. The highest BCUT2D eigenvalue weighted by Gasteiger charge is 2.18. The van der Waals surface area contributed by atoms with Crippen molar-refractivity contribution >= 4 is 11.7 Å². The Morgan fingerprint density at radius 1 is 1.33 bits per heavy atom. The Bertz CT molecular complexity index is 722. The molecule has 0 radical (unpaired) electrons. The molecule has 0 aliphatic carbocycles. The van der Waals surface area contributed by atoms with Crippen LogP contribution in [0.4, 0.5) is 10.1 Å². The van der Waals surface area contributed by atoms with Gasteiger partial charge in [-0.15, -0.1) is 0 Å². The molecular formula is C16H13FN2O2. The molecule has 0 unspecified atom stereocenters. The standard InChI is InChI=1S/C16H13FN2O2/c1-19(10-12-5-2-4-11(8-12)9-18)14-7-3-6-13(17)15(14)16(20)21/h2-8H,10H2,1H3,(H,20,21). The molecule has 0 bridgehead atoms. The normalized spacial score (nSPS) is 9.95. The van der Waals surface area contributed by atoms with Crippen molar-refractivity contribution in [2.24, 2.45) is 0 Å². The number of aromatic carboxylic acids is 1. The van der Waals surface area contributed by atoms with Gasteiger partial charge in [0.05, 0.1) is 17.3 Å². The van der Waals surface area contributed by atoms with Crippen LogP contribution in [0.3, 0.4) is 0 Å². The minimum Gasteiger partial charge on any atom is -0.478 e. The van der Waals surface area contributed by atoms with Crippen molar-refractivity contribution in [3.8, 4) is 6.07 Å². The second kappa shape index (κ2) is 6.06. The van der Waals surface area contributed by atoms with Gasteiger partial charge in [-0.25, -0.2) is 9.18 Å². The lowest BCUT2D eigenvalue weighted by atomic mass is 10.1. The van der Waals surface area contributed by atoms with E-state index in [0.717, 1.165) is 11.6 Å². The fraction of sp³-hybridized carbons (Fsp3) is 0.125. The summed E-state index contributed by atoms with van der Waals surface area (Å²) in [5.41, 5.74) is 1.32. The third-order valence-corrected chi connectivity index (χ3v) is 3.09.